The molecule has 1 atom stereocenters. The molecule has 1 rings (SSSR count). The molecule has 0 heterocycles. The van der Waals surface area contributed by atoms with Gasteiger partial charge >= 0.3 is 0 Å². The molecule has 0 spiro atoms. The van der Waals surface area contributed by atoms with Crippen LogP contribution < -0.4 is 0 Å². The molecule has 0 radical (unpaired) electrons. The standard InChI is InChI=1S/C14H25N/c1-6-7-11(2)14(10-15(4)5)12(3)13-8-9-13/h13-14H,2-3,6-10H2,1,4-5H3. The van der Waals surface area contributed by atoms with Gasteiger partial charge in [0.05, 0.1) is 0 Å². The first-order valence-electron chi connectivity index (χ1n) is 6.07. The van der Waals surface area contributed by atoms with Crippen molar-refractivity contribution in [1.82, 2.24) is 4.90 Å². The zero-order chi connectivity index (χ0) is 11.4. The van der Waals surface area contributed by atoms with Crippen molar-refractivity contribution in [1.29, 1.82) is 0 Å². The fraction of sp³-hybridized carbons (Fsp3) is 0.714. The summed E-state index contributed by atoms with van der Waals surface area (Å²) in [5, 5.41) is 0. The summed E-state index contributed by atoms with van der Waals surface area (Å²) in [6.07, 6.45) is 5.04. The maximum Gasteiger partial charge on any atom is 0.0132 e. The van der Waals surface area contributed by atoms with E-state index in [4.69, 9.17) is 0 Å². The lowest BCUT2D eigenvalue weighted by Gasteiger charge is -2.25. The van der Waals surface area contributed by atoms with E-state index in [1.807, 2.05) is 0 Å². The van der Waals surface area contributed by atoms with Gasteiger partial charge in [-0.2, -0.15) is 0 Å². The highest BCUT2D eigenvalue weighted by Crippen LogP contribution is 2.41. The molecule has 0 amide bonds. The minimum absolute atomic E-state index is 0.521. The predicted octanol–water partition coefficient (Wildman–Crippen LogP) is 3.49. The third-order valence-electron chi connectivity index (χ3n) is 3.16. The molecular formula is C14H25N. The van der Waals surface area contributed by atoms with Gasteiger partial charge in [0.25, 0.3) is 0 Å². The van der Waals surface area contributed by atoms with E-state index in [-0.39, 0.29) is 0 Å². The van der Waals surface area contributed by atoms with Gasteiger partial charge in [0, 0.05) is 12.5 Å². The second kappa shape index (κ2) is 5.50. The molecule has 0 aromatic rings. The largest absolute Gasteiger partial charge is 0.308 e. The molecule has 1 fully saturated rings. The van der Waals surface area contributed by atoms with E-state index >= 15 is 0 Å². The van der Waals surface area contributed by atoms with Gasteiger partial charge in [0.2, 0.25) is 0 Å². The summed E-state index contributed by atoms with van der Waals surface area (Å²) in [7, 11) is 4.26. The van der Waals surface area contributed by atoms with Crippen molar-refractivity contribution < 1.29 is 0 Å². The zero-order valence-corrected chi connectivity index (χ0v) is 10.6. The number of rotatable bonds is 7. The van der Waals surface area contributed by atoms with Crippen LogP contribution in [0.15, 0.2) is 24.3 Å². The monoisotopic (exact) mass is 207 g/mol. The van der Waals surface area contributed by atoms with Crippen molar-refractivity contribution in [2.24, 2.45) is 11.8 Å². The Kier molecular flexibility index (Phi) is 4.59. The van der Waals surface area contributed by atoms with Crippen LogP contribution >= 0.6 is 0 Å². The molecule has 0 aromatic heterocycles. The molecule has 1 aliphatic rings. The van der Waals surface area contributed by atoms with E-state index in [2.05, 4.69) is 39.1 Å². The lowest BCUT2D eigenvalue weighted by Crippen LogP contribution is -2.24. The van der Waals surface area contributed by atoms with Crippen LogP contribution in [0, 0.1) is 11.8 Å². The number of hydrogen-bond donors (Lipinski definition) is 0. The first-order valence-corrected chi connectivity index (χ1v) is 6.07. The molecule has 15 heavy (non-hydrogen) atoms. The Labute approximate surface area is 94.9 Å². The van der Waals surface area contributed by atoms with Gasteiger partial charge in [0.1, 0.15) is 0 Å². The van der Waals surface area contributed by atoms with E-state index in [9.17, 15) is 0 Å². The van der Waals surface area contributed by atoms with E-state index in [0.29, 0.717) is 5.92 Å². The third-order valence-corrected chi connectivity index (χ3v) is 3.16. The Balaban J connectivity index is 2.58. The molecule has 0 bridgehead atoms. The summed E-state index contributed by atoms with van der Waals surface area (Å²) in [5.74, 6) is 1.32. The van der Waals surface area contributed by atoms with Crippen LogP contribution in [0.4, 0.5) is 0 Å². The SMILES string of the molecule is C=C(CCC)C(CN(C)C)C(=C)C1CC1. The van der Waals surface area contributed by atoms with Crippen molar-refractivity contribution in [2.75, 3.05) is 20.6 Å². The molecule has 0 N–H and O–H groups in total. The molecule has 1 aliphatic carbocycles. The summed E-state index contributed by atoms with van der Waals surface area (Å²) in [6.45, 7) is 11.8. The van der Waals surface area contributed by atoms with Crippen LogP contribution in [-0.2, 0) is 0 Å². The smallest absolute Gasteiger partial charge is 0.0132 e. The summed E-state index contributed by atoms with van der Waals surface area (Å²) >= 11 is 0. The predicted molar refractivity (Wildman–Crippen MR) is 68.0 cm³/mol. The minimum Gasteiger partial charge on any atom is -0.308 e. The highest BCUT2D eigenvalue weighted by molar-refractivity contribution is 5.22. The second-order valence-corrected chi connectivity index (χ2v) is 5.07. The van der Waals surface area contributed by atoms with Crippen molar-refractivity contribution in [3.63, 3.8) is 0 Å². The number of hydrogen-bond acceptors (Lipinski definition) is 1. The summed E-state index contributed by atoms with van der Waals surface area (Å²) in [4.78, 5) is 2.25. The Morgan fingerprint density at radius 2 is 1.93 bits per heavy atom. The number of nitrogens with zero attached hydrogens (tertiary/aromatic N) is 1. The van der Waals surface area contributed by atoms with Crippen LogP contribution in [-0.4, -0.2) is 25.5 Å². The van der Waals surface area contributed by atoms with E-state index in [0.717, 1.165) is 18.9 Å². The third kappa shape index (κ3) is 3.83. The fourth-order valence-corrected chi connectivity index (χ4v) is 2.11. The average molecular weight is 207 g/mol. The van der Waals surface area contributed by atoms with E-state index < -0.39 is 0 Å². The van der Waals surface area contributed by atoms with Gasteiger partial charge in [-0.15, -0.1) is 0 Å². The summed E-state index contributed by atoms with van der Waals surface area (Å²) < 4.78 is 0. The highest BCUT2D eigenvalue weighted by atomic mass is 15.1. The summed E-state index contributed by atoms with van der Waals surface area (Å²) in [5.41, 5.74) is 2.81. The summed E-state index contributed by atoms with van der Waals surface area (Å²) in [6, 6.07) is 0. The zero-order valence-electron chi connectivity index (χ0n) is 10.6. The first-order chi connectivity index (χ1) is 7.06. The Morgan fingerprint density at radius 3 is 2.33 bits per heavy atom. The first kappa shape index (κ1) is 12.5. The molecular weight excluding hydrogens is 182 g/mol. The molecule has 0 aromatic carbocycles. The molecule has 0 aliphatic heterocycles. The van der Waals surface area contributed by atoms with Crippen molar-refractivity contribution in [3.05, 3.63) is 24.3 Å². The van der Waals surface area contributed by atoms with Crippen LogP contribution in [0.5, 0.6) is 0 Å². The average Bonchev–Trinajstić information content (AvgIpc) is 2.96. The van der Waals surface area contributed by atoms with Crippen molar-refractivity contribution in [2.45, 2.75) is 32.6 Å². The topological polar surface area (TPSA) is 3.24 Å². The quantitative estimate of drug-likeness (QED) is 0.578. The molecule has 0 saturated heterocycles. The molecule has 1 nitrogen and oxygen atoms in total. The van der Waals surface area contributed by atoms with Crippen LogP contribution in [0.25, 0.3) is 0 Å². The van der Waals surface area contributed by atoms with Gasteiger partial charge in [-0.1, -0.05) is 37.6 Å². The van der Waals surface area contributed by atoms with Crippen LogP contribution in [0.2, 0.25) is 0 Å². The lowest BCUT2D eigenvalue weighted by atomic mass is 9.87. The normalized spacial score (nSPS) is 17.9. The molecule has 1 unspecified atom stereocenters. The maximum absolute atomic E-state index is 4.29. The Morgan fingerprint density at radius 1 is 1.33 bits per heavy atom. The van der Waals surface area contributed by atoms with Gasteiger partial charge in [-0.3, -0.25) is 0 Å². The minimum atomic E-state index is 0.521. The van der Waals surface area contributed by atoms with Gasteiger partial charge < -0.3 is 4.90 Å². The molecule has 86 valence electrons. The molecule has 1 saturated carbocycles. The van der Waals surface area contributed by atoms with Crippen LogP contribution in [0.1, 0.15) is 32.6 Å². The van der Waals surface area contributed by atoms with Crippen LogP contribution in [0.3, 0.4) is 0 Å². The van der Waals surface area contributed by atoms with E-state index in [1.165, 1.54) is 30.4 Å². The fourth-order valence-electron chi connectivity index (χ4n) is 2.11. The lowest BCUT2D eigenvalue weighted by molar-refractivity contribution is 0.363. The Bertz CT molecular complexity index is 236. The van der Waals surface area contributed by atoms with Gasteiger partial charge in [-0.25, -0.2) is 0 Å². The van der Waals surface area contributed by atoms with Gasteiger partial charge in [0.15, 0.2) is 0 Å². The van der Waals surface area contributed by atoms with Gasteiger partial charge in [-0.05, 0) is 39.3 Å². The highest BCUT2D eigenvalue weighted by Gasteiger charge is 2.30. The molecule has 1 heteroatoms. The Hall–Kier alpha value is -0.560. The van der Waals surface area contributed by atoms with E-state index in [1.54, 1.807) is 0 Å². The maximum atomic E-state index is 4.29. The second-order valence-electron chi connectivity index (χ2n) is 5.07. The van der Waals surface area contributed by atoms with Crippen molar-refractivity contribution in [3.8, 4) is 0 Å². The van der Waals surface area contributed by atoms with Crippen molar-refractivity contribution >= 4 is 0 Å².